The van der Waals surface area contributed by atoms with Crippen LogP contribution in [0.4, 0.5) is 5.69 Å². The van der Waals surface area contributed by atoms with Gasteiger partial charge in [0.25, 0.3) is 5.91 Å². The third-order valence-corrected chi connectivity index (χ3v) is 4.45. The molecule has 0 unspecified atom stereocenters. The number of methoxy groups -OCH3 is 1. The number of amides is 1. The van der Waals surface area contributed by atoms with E-state index in [4.69, 9.17) is 4.74 Å². The highest BCUT2D eigenvalue weighted by Gasteiger charge is 2.20. The molecule has 2 rings (SSSR count). The monoisotopic (exact) mass is 369 g/mol. The van der Waals surface area contributed by atoms with Crippen LogP contribution in [0.1, 0.15) is 32.3 Å². The second-order valence-corrected chi connectivity index (χ2v) is 6.71. The zero-order valence-electron chi connectivity index (χ0n) is 16.5. The maximum absolute atomic E-state index is 12.6. The van der Waals surface area contributed by atoms with E-state index in [0.717, 1.165) is 11.3 Å². The Hall–Kier alpha value is -2.86. The topological polar surface area (TPSA) is 61.9 Å². The van der Waals surface area contributed by atoms with Gasteiger partial charge in [-0.15, -0.1) is 0 Å². The predicted octanol–water partition coefficient (Wildman–Crippen LogP) is 2.57. The summed E-state index contributed by atoms with van der Waals surface area (Å²) >= 11 is 0. The van der Waals surface area contributed by atoms with Crippen molar-refractivity contribution >= 4 is 17.6 Å². The summed E-state index contributed by atoms with van der Waals surface area (Å²) in [5.41, 5.74) is 2.79. The van der Waals surface area contributed by atoms with Gasteiger partial charge < -0.3 is 19.9 Å². The van der Waals surface area contributed by atoms with Crippen LogP contribution in [-0.2, 0) is 4.74 Å². The first-order chi connectivity index (χ1) is 12.8. The standard InChI is InChI=1S/C21H27N3O3/c1-23(2)16-12-10-15(11-13-16)19(24(3)4)14-22-20(25)17-8-6-7-9-18(17)21(26)27-5/h6-13,19H,14H2,1-5H3,(H,22,25)/t19-/m1/s1. The second-order valence-electron chi connectivity index (χ2n) is 6.71. The average molecular weight is 369 g/mol. The number of ether oxygens (including phenoxy) is 1. The highest BCUT2D eigenvalue weighted by Crippen LogP contribution is 2.21. The second kappa shape index (κ2) is 9.19. The zero-order chi connectivity index (χ0) is 20.0. The molecule has 0 radical (unpaired) electrons. The predicted molar refractivity (Wildman–Crippen MR) is 107 cm³/mol. The molecule has 1 amide bonds. The van der Waals surface area contributed by atoms with Gasteiger partial charge in [0.2, 0.25) is 0 Å². The molecule has 6 heteroatoms. The van der Waals surface area contributed by atoms with Crippen LogP contribution in [-0.4, -0.2) is 58.6 Å². The molecule has 0 aliphatic heterocycles. The Labute approximate surface area is 160 Å². The van der Waals surface area contributed by atoms with Crippen molar-refractivity contribution in [3.05, 3.63) is 65.2 Å². The number of nitrogens with zero attached hydrogens (tertiary/aromatic N) is 2. The van der Waals surface area contributed by atoms with Gasteiger partial charge in [0.05, 0.1) is 24.3 Å². The summed E-state index contributed by atoms with van der Waals surface area (Å²) in [4.78, 5) is 28.6. The number of hydrogen-bond donors (Lipinski definition) is 1. The first-order valence-electron chi connectivity index (χ1n) is 8.74. The lowest BCUT2D eigenvalue weighted by atomic mass is 10.0. The molecule has 0 spiro atoms. The Morgan fingerprint density at radius 3 is 2.07 bits per heavy atom. The van der Waals surface area contributed by atoms with Crippen molar-refractivity contribution in [2.75, 3.05) is 46.7 Å². The minimum absolute atomic E-state index is 0.00968. The SMILES string of the molecule is COC(=O)c1ccccc1C(=O)NC[C@H](c1ccc(N(C)C)cc1)N(C)C. The van der Waals surface area contributed by atoms with Crippen molar-refractivity contribution < 1.29 is 14.3 Å². The largest absolute Gasteiger partial charge is 0.465 e. The van der Waals surface area contributed by atoms with Crippen LogP contribution in [0.25, 0.3) is 0 Å². The third kappa shape index (κ3) is 5.08. The third-order valence-electron chi connectivity index (χ3n) is 4.45. The molecule has 0 saturated heterocycles. The summed E-state index contributed by atoms with van der Waals surface area (Å²) < 4.78 is 4.76. The summed E-state index contributed by atoms with van der Waals surface area (Å²) in [5, 5.41) is 2.94. The quantitative estimate of drug-likeness (QED) is 0.760. The molecule has 1 N–H and O–H groups in total. The van der Waals surface area contributed by atoms with E-state index in [-0.39, 0.29) is 17.5 Å². The molecule has 2 aromatic rings. The number of likely N-dealkylation sites (N-methyl/N-ethyl adjacent to an activating group) is 1. The van der Waals surface area contributed by atoms with E-state index in [9.17, 15) is 9.59 Å². The molecule has 0 fully saturated rings. The highest BCUT2D eigenvalue weighted by molar-refractivity contribution is 6.05. The number of anilines is 1. The number of hydrogen-bond acceptors (Lipinski definition) is 5. The normalized spacial score (nSPS) is 11.8. The molecular formula is C21H27N3O3. The van der Waals surface area contributed by atoms with Gasteiger partial charge in [-0.1, -0.05) is 24.3 Å². The lowest BCUT2D eigenvalue weighted by Gasteiger charge is -2.26. The summed E-state index contributed by atoms with van der Waals surface area (Å²) in [7, 11) is 9.24. The van der Waals surface area contributed by atoms with Crippen molar-refractivity contribution in [2.45, 2.75) is 6.04 Å². The van der Waals surface area contributed by atoms with Gasteiger partial charge in [-0.2, -0.15) is 0 Å². The molecule has 0 aliphatic carbocycles. The number of carbonyl (C=O) groups is 2. The van der Waals surface area contributed by atoms with E-state index in [2.05, 4.69) is 34.5 Å². The van der Waals surface area contributed by atoms with Gasteiger partial charge in [-0.25, -0.2) is 4.79 Å². The summed E-state index contributed by atoms with van der Waals surface area (Å²) in [6.45, 7) is 0.419. The summed E-state index contributed by atoms with van der Waals surface area (Å²) in [5.74, 6) is -0.822. The maximum Gasteiger partial charge on any atom is 0.338 e. The van der Waals surface area contributed by atoms with E-state index in [1.807, 2.05) is 33.1 Å². The summed E-state index contributed by atoms with van der Waals surface area (Å²) in [6, 6.07) is 14.9. The molecule has 0 heterocycles. The van der Waals surface area contributed by atoms with Crippen LogP contribution in [0, 0.1) is 0 Å². The molecule has 0 aliphatic rings. The molecular weight excluding hydrogens is 342 g/mol. The first kappa shape index (κ1) is 20.5. The highest BCUT2D eigenvalue weighted by atomic mass is 16.5. The lowest BCUT2D eigenvalue weighted by Crippen LogP contribution is -2.35. The van der Waals surface area contributed by atoms with Crippen molar-refractivity contribution in [3.63, 3.8) is 0 Å². The number of esters is 1. The van der Waals surface area contributed by atoms with Crippen molar-refractivity contribution in [2.24, 2.45) is 0 Å². The molecule has 2 aromatic carbocycles. The maximum atomic E-state index is 12.6. The van der Waals surface area contributed by atoms with Crippen LogP contribution in [0.15, 0.2) is 48.5 Å². The van der Waals surface area contributed by atoms with Crippen LogP contribution in [0.5, 0.6) is 0 Å². The van der Waals surface area contributed by atoms with Crippen molar-refractivity contribution in [1.29, 1.82) is 0 Å². The Kier molecular flexibility index (Phi) is 6.96. The smallest absolute Gasteiger partial charge is 0.338 e. The van der Waals surface area contributed by atoms with Crippen LogP contribution in [0.3, 0.4) is 0 Å². The molecule has 0 saturated carbocycles. The average Bonchev–Trinajstić information content (AvgIpc) is 2.67. The molecule has 27 heavy (non-hydrogen) atoms. The van der Waals surface area contributed by atoms with Crippen LogP contribution >= 0.6 is 0 Å². The Bertz CT molecular complexity index is 786. The number of carbonyl (C=O) groups excluding carboxylic acids is 2. The number of rotatable bonds is 7. The van der Waals surface area contributed by atoms with Crippen molar-refractivity contribution in [1.82, 2.24) is 10.2 Å². The fourth-order valence-electron chi connectivity index (χ4n) is 2.85. The van der Waals surface area contributed by atoms with Crippen molar-refractivity contribution in [3.8, 4) is 0 Å². The van der Waals surface area contributed by atoms with Gasteiger partial charge in [-0.3, -0.25) is 4.79 Å². The minimum atomic E-state index is -0.524. The van der Waals surface area contributed by atoms with Gasteiger partial charge >= 0.3 is 5.97 Å². The van der Waals surface area contributed by atoms with E-state index in [1.165, 1.54) is 7.11 Å². The van der Waals surface area contributed by atoms with E-state index < -0.39 is 5.97 Å². The molecule has 0 aromatic heterocycles. The minimum Gasteiger partial charge on any atom is -0.465 e. The van der Waals surface area contributed by atoms with Gasteiger partial charge in [0.15, 0.2) is 0 Å². The Balaban J connectivity index is 2.15. The number of nitrogens with one attached hydrogen (secondary N) is 1. The Morgan fingerprint density at radius 1 is 0.963 bits per heavy atom. The Morgan fingerprint density at radius 2 is 1.56 bits per heavy atom. The van der Waals surface area contributed by atoms with E-state index in [0.29, 0.717) is 12.1 Å². The van der Waals surface area contributed by atoms with E-state index >= 15 is 0 Å². The molecule has 6 nitrogen and oxygen atoms in total. The van der Waals surface area contributed by atoms with Gasteiger partial charge in [0.1, 0.15) is 0 Å². The lowest BCUT2D eigenvalue weighted by molar-refractivity contribution is 0.0596. The molecule has 144 valence electrons. The van der Waals surface area contributed by atoms with Crippen LogP contribution < -0.4 is 10.2 Å². The zero-order valence-corrected chi connectivity index (χ0v) is 16.5. The fourth-order valence-corrected chi connectivity index (χ4v) is 2.85. The van der Waals surface area contributed by atoms with E-state index in [1.54, 1.807) is 24.3 Å². The number of benzene rings is 2. The fraction of sp³-hybridized carbons (Fsp3) is 0.333. The first-order valence-corrected chi connectivity index (χ1v) is 8.74. The van der Waals surface area contributed by atoms with Gasteiger partial charge in [0, 0.05) is 26.3 Å². The van der Waals surface area contributed by atoms with Crippen LogP contribution in [0.2, 0.25) is 0 Å². The molecule has 0 bridgehead atoms. The van der Waals surface area contributed by atoms with Gasteiger partial charge in [-0.05, 0) is 43.9 Å². The summed E-state index contributed by atoms with van der Waals surface area (Å²) in [6.07, 6.45) is 0. The molecule has 1 atom stereocenters.